The first-order chi connectivity index (χ1) is 6.32. The van der Waals surface area contributed by atoms with Crippen LogP contribution < -0.4 is 0 Å². The highest BCUT2D eigenvalue weighted by atomic mass is 35.5. The molecule has 0 aromatic carbocycles. The second-order valence-electron chi connectivity index (χ2n) is 4.20. The largest absolute Gasteiger partial charge is 0.274 e. The van der Waals surface area contributed by atoms with Crippen molar-refractivity contribution in [1.29, 1.82) is 0 Å². The van der Waals surface area contributed by atoms with E-state index in [0.29, 0.717) is 11.5 Å². The van der Waals surface area contributed by atoms with Crippen LogP contribution in [0.5, 0.6) is 0 Å². The molecule has 0 aliphatic carbocycles. The SMILES string of the molecule is Cc1ncc(C(C)(C)C)c(C(=O)Cl)n1. The number of hydrogen-bond donors (Lipinski definition) is 0. The molecule has 1 heterocycles. The third-order valence-corrected chi connectivity index (χ3v) is 2.08. The average Bonchev–Trinajstić information content (AvgIpc) is 2.01. The van der Waals surface area contributed by atoms with Crippen LogP contribution in [-0.4, -0.2) is 15.2 Å². The van der Waals surface area contributed by atoms with Gasteiger partial charge in [-0.2, -0.15) is 0 Å². The smallest absolute Gasteiger partial charge is 0.271 e. The van der Waals surface area contributed by atoms with Crippen molar-refractivity contribution < 1.29 is 4.79 Å². The molecule has 0 amide bonds. The predicted octanol–water partition coefficient (Wildman–Crippen LogP) is 2.46. The minimum atomic E-state index is -0.527. The summed E-state index contributed by atoms with van der Waals surface area (Å²) in [4.78, 5) is 19.3. The molecule has 76 valence electrons. The van der Waals surface area contributed by atoms with Crippen molar-refractivity contribution in [3.05, 3.63) is 23.3 Å². The van der Waals surface area contributed by atoms with Gasteiger partial charge in [0.2, 0.25) is 0 Å². The molecule has 0 spiro atoms. The summed E-state index contributed by atoms with van der Waals surface area (Å²) in [6, 6.07) is 0. The number of aromatic nitrogens is 2. The van der Waals surface area contributed by atoms with Crippen molar-refractivity contribution in [2.45, 2.75) is 33.1 Å². The standard InChI is InChI=1S/C10H13ClN2O/c1-6-12-5-7(10(2,3)4)8(13-6)9(11)14/h5H,1-4H3. The first-order valence-corrected chi connectivity index (χ1v) is 4.74. The van der Waals surface area contributed by atoms with Crippen LogP contribution in [0, 0.1) is 6.92 Å². The normalized spacial score (nSPS) is 11.5. The molecule has 1 rings (SSSR count). The summed E-state index contributed by atoms with van der Waals surface area (Å²) >= 11 is 5.46. The van der Waals surface area contributed by atoms with Crippen molar-refractivity contribution >= 4 is 16.8 Å². The van der Waals surface area contributed by atoms with Crippen LogP contribution in [0.15, 0.2) is 6.20 Å². The molecule has 0 N–H and O–H groups in total. The quantitative estimate of drug-likeness (QED) is 0.672. The maximum atomic E-state index is 11.1. The Morgan fingerprint density at radius 3 is 2.43 bits per heavy atom. The summed E-state index contributed by atoms with van der Waals surface area (Å²) < 4.78 is 0. The van der Waals surface area contributed by atoms with Gasteiger partial charge in [0, 0.05) is 11.8 Å². The number of rotatable bonds is 1. The van der Waals surface area contributed by atoms with Gasteiger partial charge in [-0.3, -0.25) is 4.79 Å². The van der Waals surface area contributed by atoms with Gasteiger partial charge in [0.25, 0.3) is 5.24 Å². The van der Waals surface area contributed by atoms with Crippen LogP contribution in [0.3, 0.4) is 0 Å². The minimum absolute atomic E-state index is 0.173. The van der Waals surface area contributed by atoms with Crippen molar-refractivity contribution in [2.24, 2.45) is 0 Å². The topological polar surface area (TPSA) is 42.9 Å². The van der Waals surface area contributed by atoms with E-state index in [-0.39, 0.29) is 5.41 Å². The van der Waals surface area contributed by atoms with Crippen molar-refractivity contribution in [3.8, 4) is 0 Å². The van der Waals surface area contributed by atoms with Gasteiger partial charge in [-0.05, 0) is 23.9 Å². The summed E-state index contributed by atoms with van der Waals surface area (Å²) in [6.45, 7) is 7.70. The Kier molecular flexibility index (Phi) is 2.90. The van der Waals surface area contributed by atoms with E-state index >= 15 is 0 Å². The van der Waals surface area contributed by atoms with E-state index in [1.165, 1.54) is 0 Å². The van der Waals surface area contributed by atoms with Crippen LogP contribution in [0.25, 0.3) is 0 Å². The van der Waals surface area contributed by atoms with Crippen molar-refractivity contribution in [3.63, 3.8) is 0 Å². The fraction of sp³-hybridized carbons (Fsp3) is 0.500. The summed E-state index contributed by atoms with van der Waals surface area (Å²) in [5.74, 6) is 0.557. The predicted molar refractivity (Wildman–Crippen MR) is 55.7 cm³/mol. The molecular formula is C10H13ClN2O. The maximum Gasteiger partial charge on any atom is 0.271 e. The van der Waals surface area contributed by atoms with Crippen LogP contribution in [0.2, 0.25) is 0 Å². The summed E-state index contributed by atoms with van der Waals surface area (Å²) in [5.41, 5.74) is 0.919. The molecule has 0 atom stereocenters. The molecule has 1 aromatic heterocycles. The zero-order valence-corrected chi connectivity index (χ0v) is 9.51. The number of aryl methyl sites for hydroxylation is 1. The summed E-state index contributed by atoms with van der Waals surface area (Å²) in [7, 11) is 0. The van der Waals surface area contributed by atoms with E-state index in [9.17, 15) is 4.79 Å². The summed E-state index contributed by atoms with van der Waals surface area (Å²) in [6.07, 6.45) is 1.66. The van der Waals surface area contributed by atoms with Gasteiger partial charge < -0.3 is 0 Å². The van der Waals surface area contributed by atoms with Gasteiger partial charge in [0.15, 0.2) is 0 Å². The van der Waals surface area contributed by atoms with Crippen molar-refractivity contribution in [1.82, 2.24) is 9.97 Å². The maximum absolute atomic E-state index is 11.1. The van der Waals surface area contributed by atoms with E-state index < -0.39 is 5.24 Å². The Morgan fingerprint density at radius 2 is 2.00 bits per heavy atom. The zero-order chi connectivity index (χ0) is 10.9. The molecule has 0 aliphatic rings. The second kappa shape index (κ2) is 3.65. The van der Waals surface area contributed by atoms with Gasteiger partial charge in [0.05, 0.1) is 0 Å². The minimum Gasteiger partial charge on any atom is -0.274 e. The number of hydrogen-bond acceptors (Lipinski definition) is 3. The van der Waals surface area contributed by atoms with Gasteiger partial charge in [-0.1, -0.05) is 20.8 Å². The Morgan fingerprint density at radius 1 is 1.43 bits per heavy atom. The molecule has 0 bridgehead atoms. The van der Waals surface area contributed by atoms with E-state index in [4.69, 9.17) is 11.6 Å². The van der Waals surface area contributed by atoms with Gasteiger partial charge in [-0.15, -0.1) is 0 Å². The third-order valence-electron chi connectivity index (χ3n) is 1.90. The fourth-order valence-corrected chi connectivity index (χ4v) is 1.31. The number of halogens is 1. The highest BCUT2D eigenvalue weighted by molar-refractivity contribution is 6.67. The molecule has 3 nitrogen and oxygen atoms in total. The molecule has 0 saturated heterocycles. The van der Waals surface area contributed by atoms with Gasteiger partial charge in [0.1, 0.15) is 11.5 Å². The zero-order valence-electron chi connectivity index (χ0n) is 8.76. The summed E-state index contributed by atoms with van der Waals surface area (Å²) in [5, 5.41) is -0.527. The fourth-order valence-electron chi connectivity index (χ4n) is 1.17. The van der Waals surface area contributed by atoms with E-state index in [0.717, 1.165) is 5.56 Å². The van der Waals surface area contributed by atoms with Crippen LogP contribution in [0.4, 0.5) is 0 Å². The third kappa shape index (κ3) is 2.29. The Hall–Kier alpha value is -0.960. The van der Waals surface area contributed by atoms with E-state index in [1.807, 2.05) is 20.8 Å². The number of carbonyl (C=O) groups is 1. The molecule has 1 aromatic rings. The van der Waals surface area contributed by atoms with E-state index in [1.54, 1.807) is 13.1 Å². The molecule has 0 fully saturated rings. The lowest BCUT2D eigenvalue weighted by Gasteiger charge is -2.20. The highest BCUT2D eigenvalue weighted by Crippen LogP contribution is 2.24. The number of nitrogens with zero attached hydrogens (tertiary/aromatic N) is 2. The lowest BCUT2D eigenvalue weighted by molar-refractivity contribution is 0.107. The Bertz CT molecular complexity index is 369. The first kappa shape index (κ1) is 11.1. The number of carbonyl (C=O) groups excluding carboxylic acids is 1. The lowest BCUT2D eigenvalue weighted by atomic mass is 9.87. The molecule has 0 unspecified atom stereocenters. The van der Waals surface area contributed by atoms with Crippen LogP contribution in [0.1, 0.15) is 42.6 Å². The molecule has 14 heavy (non-hydrogen) atoms. The first-order valence-electron chi connectivity index (χ1n) is 4.36. The van der Waals surface area contributed by atoms with Gasteiger partial charge >= 0.3 is 0 Å². The Balaban J connectivity index is 3.37. The Labute approximate surface area is 88.5 Å². The van der Waals surface area contributed by atoms with Crippen molar-refractivity contribution in [2.75, 3.05) is 0 Å². The lowest BCUT2D eigenvalue weighted by Crippen LogP contribution is -2.18. The monoisotopic (exact) mass is 212 g/mol. The second-order valence-corrected chi connectivity index (χ2v) is 4.55. The van der Waals surface area contributed by atoms with Crippen LogP contribution in [-0.2, 0) is 5.41 Å². The molecular weight excluding hydrogens is 200 g/mol. The average molecular weight is 213 g/mol. The molecule has 4 heteroatoms. The molecule has 0 radical (unpaired) electrons. The van der Waals surface area contributed by atoms with Gasteiger partial charge in [-0.25, -0.2) is 9.97 Å². The van der Waals surface area contributed by atoms with E-state index in [2.05, 4.69) is 9.97 Å². The van der Waals surface area contributed by atoms with Crippen LogP contribution >= 0.6 is 11.6 Å². The highest BCUT2D eigenvalue weighted by Gasteiger charge is 2.22. The molecule has 0 saturated carbocycles. The molecule has 0 aliphatic heterocycles.